The summed E-state index contributed by atoms with van der Waals surface area (Å²) in [6, 6.07) is 9.82. The van der Waals surface area contributed by atoms with Crippen LogP contribution in [0.5, 0.6) is 0 Å². The molecule has 0 radical (unpaired) electrons. The average molecular weight is 384 g/mol. The number of amides is 2. The molecule has 1 aromatic carbocycles. The number of nitrogens with zero attached hydrogens (tertiary/aromatic N) is 3. The predicted octanol–water partition coefficient (Wildman–Crippen LogP) is 1.34. The average Bonchev–Trinajstić information content (AvgIpc) is 3.04. The molecule has 7 heteroatoms. The van der Waals surface area contributed by atoms with Gasteiger partial charge in [0.2, 0.25) is 11.8 Å². The van der Waals surface area contributed by atoms with E-state index in [1.54, 1.807) is 18.9 Å². The molecule has 0 aliphatic carbocycles. The van der Waals surface area contributed by atoms with Gasteiger partial charge in [-0.05, 0) is 25.8 Å². The van der Waals surface area contributed by atoms with E-state index < -0.39 is 6.04 Å². The molecule has 2 aromatic rings. The molecule has 0 saturated carbocycles. The first kappa shape index (κ1) is 20.1. The second-order valence-corrected chi connectivity index (χ2v) is 7.23. The van der Waals surface area contributed by atoms with Crippen LogP contribution in [0.25, 0.3) is 0 Å². The van der Waals surface area contributed by atoms with Crippen LogP contribution in [0.3, 0.4) is 0 Å². The highest BCUT2D eigenvalue weighted by molar-refractivity contribution is 5.89. The molecule has 1 N–H and O–H groups in total. The van der Waals surface area contributed by atoms with Crippen molar-refractivity contribution in [2.45, 2.75) is 32.7 Å². The van der Waals surface area contributed by atoms with Gasteiger partial charge < -0.3 is 14.7 Å². The third-order valence-electron chi connectivity index (χ3n) is 5.40. The lowest BCUT2D eigenvalue weighted by molar-refractivity contribution is -0.143. The standard InChI is InChI=1S/C21H28N4O3/c1-15-18(16(2)28-23-15)13-20(26)25-12-11-24(14-19(25)21(27)22-3)10-9-17-7-5-4-6-8-17/h4-8,19H,9-14H2,1-3H3,(H,22,27). The third-order valence-corrected chi connectivity index (χ3v) is 5.40. The summed E-state index contributed by atoms with van der Waals surface area (Å²) >= 11 is 0. The quantitative estimate of drug-likeness (QED) is 0.813. The molecular formula is C21H28N4O3. The summed E-state index contributed by atoms with van der Waals surface area (Å²) in [5.41, 5.74) is 2.81. The number of nitrogens with one attached hydrogen (secondary N) is 1. The summed E-state index contributed by atoms with van der Waals surface area (Å²) in [4.78, 5) is 29.4. The van der Waals surface area contributed by atoms with Crippen molar-refractivity contribution in [3.05, 3.63) is 52.9 Å². The van der Waals surface area contributed by atoms with Gasteiger partial charge in [-0.1, -0.05) is 35.5 Å². The molecule has 1 aliphatic rings. The Labute approximate surface area is 165 Å². The van der Waals surface area contributed by atoms with Gasteiger partial charge in [0, 0.05) is 38.8 Å². The van der Waals surface area contributed by atoms with Crippen molar-refractivity contribution in [1.82, 2.24) is 20.3 Å². The fourth-order valence-electron chi connectivity index (χ4n) is 3.67. The van der Waals surface area contributed by atoms with Crippen LogP contribution in [0.1, 0.15) is 22.6 Å². The molecular weight excluding hydrogens is 356 g/mol. The van der Waals surface area contributed by atoms with Crippen molar-refractivity contribution in [1.29, 1.82) is 0 Å². The molecule has 2 heterocycles. The number of hydrogen-bond acceptors (Lipinski definition) is 5. The van der Waals surface area contributed by atoms with Gasteiger partial charge in [-0.15, -0.1) is 0 Å². The lowest BCUT2D eigenvalue weighted by atomic mass is 10.1. The normalized spacial score (nSPS) is 17.5. The van der Waals surface area contributed by atoms with Gasteiger partial charge in [-0.25, -0.2) is 0 Å². The zero-order valence-electron chi connectivity index (χ0n) is 16.8. The topological polar surface area (TPSA) is 78.7 Å². The smallest absolute Gasteiger partial charge is 0.243 e. The maximum Gasteiger partial charge on any atom is 0.243 e. The molecule has 1 aliphatic heterocycles. The number of piperazine rings is 1. The number of carbonyl (C=O) groups excluding carboxylic acids is 2. The van der Waals surface area contributed by atoms with Gasteiger partial charge in [-0.2, -0.15) is 0 Å². The van der Waals surface area contributed by atoms with Crippen molar-refractivity contribution < 1.29 is 14.1 Å². The van der Waals surface area contributed by atoms with E-state index in [1.165, 1.54) is 5.56 Å². The summed E-state index contributed by atoms with van der Waals surface area (Å²) in [6.07, 6.45) is 1.13. The predicted molar refractivity (Wildman–Crippen MR) is 106 cm³/mol. The molecule has 150 valence electrons. The Bertz CT molecular complexity index is 799. The van der Waals surface area contributed by atoms with E-state index >= 15 is 0 Å². The zero-order chi connectivity index (χ0) is 20.1. The van der Waals surface area contributed by atoms with Gasteiger partial charge in [0.25, 0.3) is 0 Å². The van der Waals surface area contributed by atoms with E-state index in [0.29, 0.717) is 18.8 Å². The lowest BCUT2D eigenvalue weighted by Gasteiger charge is -2.40. The Morgan fingerprint density at radius 2 is 1.96 bits per heavy atom. The highest BCUT2D eigenvalue weighted by Gasteiger charge is 2.35. The number of hydrogen-bond donors (Lipinski definition) is 1. The van der Waals surface area contributed by atoms with Gasteiger partial charge in [0.1, 0.15) is 11.8 Å². The minimum Gasteiger partial charge on any atom is -0.361 e. The highest BCUT2D eigenvalue weighted by Crippen LogP contribution is 2.17. The van der Waals surface area contributed by atoms with Crippen LogP contribution >= 0.6 is 0 Å². The molecule has 3 rings (SSSR count). The maximum atomic E-state index is 12.9. The van der Waals surface area contributed by atoms with Gasteiger partial charge in [-0.3, -0.25) is 14.5 Å². The Balaban J connectivity index is 1.65. The first-order valence-electron chi connectivity index (χ1n) is 9.68. The van der Waals surface area contributed by atoms with E-state index in [-0.39, 0.29) is 18.2 Å². The number of rotatable bonds is 6. The second-order valence-electron chi connectivity index (χ2n) is 7.23. The van der Waals surface area contributed by atoms with Crippen molar-refractivity contribution in [3.63, 3.8) is 0 Å². The van der Waals surface area contributed by atoms with Crippen LogP contribution in [0.2, 0.25) is 0 Å². The molecule has 1 saturated heterocycles. The maximum absolute atomic E-state index is 12.9. The number of aromatic nitrogens is 1. The number of carbonyl (C=O) groups is 2. The summed E-state index contributed by atoms with van der Waals surface area (Å²) in [6.45, 7) is 6.34. The van der Waals surface area contributed by atoms with E-state index in [1.807, 2.05) is 25.1 Å². The van der Waals surface area contributed by atoms with Crippen LogP contribution in [0, 0.1) is 13.8 Å². The van der Waals surface area contributed by atoms with E-state index in [4.69, 9.17) is 4.52 Å². The van der Waals surface area contributed by atoms with E-state index in [9.17, 15) is 9.59 Å². The van der Waals surface area contributed by atoms with Crippen LogP contribution < -0.4 is 5.32 Å². The molecule has 1 unspecified atom stereocenters. The van der Waals surface area contributed by atoms with Crippen molar-refractivity contribution >= 4 is 11.8 Å². The fraction of sp³-hybridized carbons (Fsp3) is 0.476. The minimum absolute atomic E-state index is 0.0642. The molecule has 7 nitrogen and oxygen atoms in total. The largest absolute Gasteiger partial charge is 0.361 e. The molecule has 0 bridgehead atoms. The number of benzene rings is 1. The Morgan fingerprint density at radius 3 is 2.61 bits per heavy atom. The summed E-state index contributed by atoms with van der Waals surface area (Å²) < 4.78 is 5.16. The van der Waals surface area contributed by atoms with Crippen LogP contribution in [0.4, 0.5) is 0 Å². The first-order valence-corrected chi connectivity index (χ1v) is 9.68. The molecule has 1 atom stereocenters. The molecule has 1 aromatic heterocycles. The van der Waals surface area contributed by atoms with E-state index in [0.717, 1.165) is 30.8 Å². The second kappa shape index (κ2) is 9.01. The first-order chi connectivity index (χ1) is 13.5. The Morgan fingerprint density at radius 1 is 1.21 bits per heavy atom. The summed E-state index contributed by atoms with van der Waals surface area (Å²) in [5, 5.41) is 6.62. The van der Waals surface area contributed by atoms with E-state index in [2.05, 4.69) is 27.5 Å². The van der Waals surface area contributed by atoms with Crippen molar-refractivity contribution in [3.8, 4) is 0 Å². The SMILES string of the molecule is CNC(=O)C1CN(CCc2ccccc2)CCN1C(=O)Cc1c(C)noc1C. The lowest BCUT2D eigenvalue weighted by Crippen LogP contribution is -2.60. The minimum atomic E-state index is -0.484. The summed E-state index contributed by atoms with van der Waals surface area (Å²) in [5.74, 6) is 0.464. The molecule has 0 spiro atoms. The highest BCUT2D eigenvalue weighted by atomic mass is 16.5. The molecule has 1 fully saturated rings. The van der Waals surface area contributed by atoms with Crippen LogP contribution in [0.15, 0.2) is 34.9 Å². The van der Waals surface area contributed by atoms with Crippen molar-refractivity contribution in [2.75, 3.05) is 33.2 Å². The van der Waals surface area contributed by atoms with Crippen LogP contribution in [-0.4, -0.2) is 66.0 Å². The monoisotopic (exact) mass is 384 g/mol. The Hall–Kier alpha value is -2.67. The van der Waals surface area contributed by atoms with Gasteiger partial charge in [0.05, 0.1) is 12.1 Å². The Kier molecular flexibility index (Phi) is 6.46. The van der Waals surface area contributed by atoms with Gasteiger partial charge >= 0.3 is 0 Å². The van der Waals surface area contributed by atoms with Crippen LogP contribution in [-0.2, 0) is 22.4 Å². The third kappa shape index (κ3) is 4.59. The fourth-order valence-corrected chi connectivity index (χ4v) is 3.67. The number of likely N-dealkylation sites (N-methyl/N-ethyl adjacent to an activating group) is 1. The summed E-state index contributed by atoms with van der Waals surface area (Å²) in [7, 11) is 1.61. The van der Waals surface area contributed by atoms with Crippen molar-refractivity contribution in [2.24, 2.45) is 0 Å². The molecule has 2 amide bonds. The van der Waals surface area contributed by atoms with Gasteiger partial charge in [0.15, 0.2) is 0 Å². The molecule has 28 heavy (non-hydrogen) atoms. The number of aryl methyl sites for hydroxylation is 2. The zero-order valence-corrected chi connectivity index (χ0v) is 16.8.